The molecule has 192 valence electrons. The Morgan fingerprint density at radius 3 is 2.03 bits per heavy atom. The maximum atomic E-state index is 13.4. The first-order valence-electron chi connectivity index (χ1n) is 11.5. The molecule has 0 bridgehead atoms. The Morgan fingerprint density at radius 2 is 1.42 bits per heavy atom. The number of tetrazole rings is 1. The molecule has 11 nitrogen and oxygen atoms in total. The zero-order chi connectivity index (χ0) is 25.3. The lowest BCUT2D eigenvalue weighted by molar-refractivity contribution is 0.0730. The Kier molecular flexibility index (Phi) is 6.87. The van der Waals surface area contributed by atoms with E-state index in [-0.39, 0.29) is 47.7 Å². The van der Waals surface area contributed by atoms with Crippen molar-refractivity contribution in [1.29, 1.82) is 0 Å². The van der Waals surface area contributed by atoms with Crippen LogP contribution < -0.4 is 0 Å². The minimum Gasteiger partial charge on any atom is -0.379 e. The quantitative estimate of drug-likeness (QED) is 0.463. The number of piperidine rings is 1. The number of benzene rings is 2. The third-order valence-corrected chi connectivity index (χ3v) is 10.2. The van der Waals surface area contributed by atoms with Gasteiger partial charge in [-0.2, -0.15) is 13.3 Å². The zero-order valence-corrected chi connectivity index (χ0v) is 20.9. The van der Waals surface area contributed by atoms with Crippen LogP contribution in [0.3, 0.4) is 0 Å². The second-order valence-electron chi connectivity index (χ2n) is 8.59. The molecule has 2 aliphatic rings. The zero-order valence-electron chi connectivity index (χ0n) is 19.3. The largest absolute Gasteiger partial charge is 0.379 e. The number of hydrogen-bond acceptors (Lipinski definition) is 8. The molecule has 0 amide bonds. The molecule has 0 N–H and O–H groups in total. The summed E-state index contributed by atoms with van der Waals surface area (Å²) in [6, 6.07) is 11.3. The molecule has 2 fully saturated rings. The third-order valence-electron chi connectivity index (χ3n) is 6.44. The van der Waals surface area contributed by atoms with Gasteiger partial charge in [0, 0.05) is 32.1 Å². The summed E-state index contributed by atoms with van der Waals surface area (Å²) in [5, 5.41) is 11.9. The second kappa shape index (κ2) is 9.94. The van der Waals surface area contributed by atoms with Gasteiger partial charge in [-0.25, -0.2) is 21.2 Å². The summed E-state index contributed by atoms with van der Waals surface area (Å²) >= 11 is 0. The first-order chi connectivity index (χ1) is 17.3. The summed E-state index contributed by atoms with van der Waals surface area (Å²) < 4.78 is 75.5. The van der Waals surface area contributed by atoms with Gasteiger partial charge in [0.15, 0.2) is 5.82 Å². The Balaban J connectivity index is 1.32. The number of morpholine rings is 1. The van der Waals surface area contributed by atoms with E-state index in [4.69, 9.17) is 4.74 Å². The minimum absolute atomic E-state index is 0.0566. The van der Waals surface area contributed by atoms with Crippen LogP contribution in [0.4, 0.5) is 4.39 Å². The molecule has 36 heavy (non-hydrogen) atoms. The highest BCUT2D eigenvalue weighted by Gasteiger charge is 2.34. The molecule has 2 aliphatic heterocycles. The smallest absolute Gasteiger partial charge is 0.243 e. The van der Waals surface area contributed by atoms with Crippen molar-refractivity contribution in [1.82, 2.24) is 28.8 Å². The number of hydrogen-bond donors (Lipinski definition) is 0. The lowest BCUT2D eigenvalue weighted by Gasteiger charge is -2.31. The lowest BCUT2D eigenvalue weighted by Crippen LogP contribution is -2.41. The maximum Gasteiger partial charge on any atom is 0.243 e. The number of sulfonamides is 2. The average Bonchev–Trinajstić information content (AvgIpc) is 3.40. The van der Waals surface area contributed by atoms with Crippen molar-refractivity contribution in [2.45, 2.75) is 28.6 Å². The van der Waals surface area contributed by atoms with Crippen LogP contribution in [0.2, 0.25) is 0 Å². The van der Waals surface area contributed by atoms with Gasteiger partial charge in [0.1, 0.15) is 5.82 Å². The molecule has 14 heteroatoms. The van der Waals surface area contributed by atoms with E-state index in [2.05, 4.69) is 15.5 Å². The molecule has 0 aliphatic carbocycles. The van der Waals surface area contributed by atoms with Crippen LogP contribution in [0.25, 0.3) is 5.69 Å². The van der Waals surface area contributed by atoms with E-state index in [1.54, 1.807) is 12.1 Å². The highest BCUT2D eigenvalue weighted by atomic mass is 32.2. The Bertz CT molecular complexity index is 1430. The minimum atomic E-state index is -3.91. The fourth-order valence-electron chi connectivity index (χ4n) is 4.45. The van der Waals surface area contributed by atoms with Crippen molar-refractivity contribution < 1.29 is 26.0 Å². The fraction of sp³-hybridized carbons (Fsp3) is 0.409. The van der Waals surface area contributed by atoms with Gasteiger partial charge in [-0.05, 0) is 65.7 Å². The van der Waals surface area contributed by atoms with Gasteiger partial charge in [0.2, 0.25) is 20.0 Å². The molecular formula is C22H25FN6O5S2. The predicted molar refractivity (Wildman–Crippen MR) is 126 cm³/mol. The van der Waals surface area contributed by atoms with E-state index in [0.717, 1.165) is 0 Å². The number of aromatic nitrogens is 4. The molecule has 2 aromatic carbocycles. The van der Waals surface area contributed by atoms with Crippen molar-refractivity contribution in [3.63, 3.8) is 0 Å². The number of ether oxygens (including phenoxy) is 1. The third kappa shape index (κ3) is 4.78. The molecule has 1 aromatic heterocycles. The summed E-state index contributed by atoms with van der Waals surface area (Å²) in [7, 11) is -7.74. The van der Waals surface area contributed by atoms with Crippen LogP contribution in [0.5, 0.6) is 0 Å². The van der Waals surface area contributed by atoms with Crippen molar-refractivity contribution >= 4 is 20.0 Å². The SMILES string of the molecule is O=S(=O)(c1cccc(S(=O)(=O)N2CCC(c3nnnn3-c3ccc(F)cc3)CC2)c1)N1CCOCC1. The Labute approximate surface area is 208 Å². The molecule has 0 unspecified atom stereocenters. The molecule has 2 saturated heterocycles. The predicted octanol–water partition coefficient (Wildman–Crippen LogP) is 1.39. The first-order valence-corrected chi connectivity index (χ1v) is 14.4. The van der Waals surface area contributed by atoms with Crippen LogP contribution in [-0.4, -0.2) is 85.0 Å². The number of nitrogens with zero attached hydrogens (tertiary/aromatic N) is 6. The van der Waals surface area contributed by atoms with Crippen molar-refractivity contribution in [2.24, 2.45) is 0 Å². The van der Waals surface area contributed by atoms with Crippen LogP contribution in [0.1, 0.15) is 24.6 Å². The van der Waals surface area contributed by atoms with Gasteiger partial charge < -0.3 is 4.74 Å². The monoisotopic (exact) mass is 536 g/mol. The lowest BCUT2D eigenvalue weighted by atomic mass is 9.97. The van der Waals surface area contributed by atoms with Gasteiger partial charge in [-0.3, -0.25) is 0 Å². The summed E-state index contributed by atoms with van der Waals surface area (Å²) in [6.45, 7) is 1.51. The molecule has 5 rings (SSSR count). The Hall–Kier alpha value is -2.78. The molecule has 3 heterocycles. The van der Waals surface area contributed by atoms with Gasteiger partial charge in [-0.1, -0.05) is 6.07 Å². The molecule has 0 atom stereocenters. The van der Waals surface area contributed by atoms with E-state index in [0.29, 0.717) is 37.6 Å². The summed E-state index contributed by atoms with van der Waals surface area (Å²) in [5.74, 6) is 0.121. The topological polar surface area (TPSA) is 128 Å². The number of halogens is 1. The van der Waals surface area contributed by atoms with Gasteiger partial charge in [0.25, 0.3) is 0 Å². The fourth-order valence-corrected chi connectivity index (χ4v) is 7.49. The highest BCUT2D eigenvalue weighted by Crippen LogP contribution is 2.31. The van der Waals surface area contributed by atoms with E-state index in [1.807, 2.05) is 0 Å². The van der Waals surface area contributed by atoms with Crippen LogP contribution in [0.15, 0.2) is 58.3 Å². The van der Waals surface area contributed by atoms with E-state index < -0.39 is 20.0 Å². The number of rotatable bonds is 6. The highest BCUT2D eigenvalue weighted by molar-refractivity contribution is 7.90. The summed E-state index contributed by atoms with van der Waals surface area (Å²) in [4.78, 5) is -0.120. The van der Waals surface area contributed by atoms with Crippen molar-refractivity contribution in [2.75, 3.05) is 39.4 Å². The summed E-state index contributed by atoms with van der Waals surface area (Å²) in [6.07, 6.45) is 0.957. The first kappa shape index (κ1) is 24.9. The van der Waals surface area contributed by atoms with Crippen LogP contribution >= 0.6 is 0 Å². The van der Waals surface area contributed by atoms with E-state index >= 15 is 0 Å². The molecule has 0 spiro atoms. The Morgan fingerprint density at radius 1 is 0.833 bits per heavy atom. The van der Waals surface area contributed by atoms with Crippen molar-refractivity contribution in [3.05, 3.63) is 60.2 Å². The van der Waals surface area contributed by atoms with Gasteiger partial charge in [-0.15, -0.1) is 5.10 Å². The van der Waals surface area contributed by atoms with Crippen molar-refractivity contribution in [3.8, 4) is 5.69 Å². The van der Waals surface area contributed by atoms with Gasteiger partial charge >= 0.3 is 0 Å². The van der Waals surface area contributed by atoms with E-state index in [9.17, 15) is 21.2 Å². The maximum absolute atomic E-state index is 13.4. The molecule has 0 radical (unpaired) electrons. The van der Waals surface area contributed by atoms with Crippen LogP contribution in [-0.2, 0) is 24.8 Å². The second-order valence-corrected chi connectivity index (χ2v) is 12.5. The van der Waals surface area contributed by atoms with Crippen LogP contribution in [0, 0.1) is 5.82 Å². The normalized spacial score (nSPS) is 18.9. The molecular weight excluding hydrogens is 511 g/mol. The summed E-state index contributed by atoms with van der Waals surface area (Å²) in [5.41, 5.74) is 0.616. The molecule has 0 saturated carbocycles. The standard InChI is InChI=1S/C22H25FN6O5S2/c23-18-4-6-19(7-5-18)29-22(24-25-26-29)17-8-10-27(11-9-17)35(30,31)20-2-1-3-21(16-20)36(32,33)28-12-14-34-15-13-28/h1-7,16-17H,8-15H2. The molecule has 3 aromatic rings. The average molecular weight is 537 g/mol. The van der Waals surface area contributed by atoms with Gasteiger partial charge in [0.05, 0.1) is 28.7 Å². The van der Waals surface area contributed by atoms with E-state index in [1.165, 1.54) is 49.7 Å².